The summed E-state index contributed by atoms with van der Waals surface area (Å²) in [7, 11) is 0. The number of nitrogens with zero attached hydrogens (tertiary/aromatic N) is 3. The maximum absolute atomic E-state index is 12.6. The normalized spacial score (nSPS) is 16.6. The topological polar surface area (TPSA) is 118 Å². The van der Waals surface area contributed by atoms with Crippen molar-refractivity contribution in [2.45, 2.75) is 38.8 Å². The first kappa shape index (κ1) is 19.9. The number of likely N-dealkylation sites (tertiary alicyclic amines) is 1. The smallest absolute Gasteiger partial charge is 0.419 e. The highest BCUT2D eigenvalue weighted by Crippen LogP contribution is 2.31. The van der Waals surface area contributed by atoms with E-state index in [1.807, 2.05) is 12.1 Å². The second-order valence-corrected chi connectivity index (χ2v) is 10.3. The zero-order valence-electron chi connectivity index (χ0n) is 22.0. The molecule has 0 saturated carbocycles. The van der Waals surface area contributed by atoms with E-state index < -0.39 is 36.4 Å². The summed E-state index contributed by atoms with van der Waals surface area (Å²) in [4.78, 5) is 39.7. The minimum absolute atomic E-state index is 0.167. The van der Waals surface area contributed by atoms with E-state index in [9.17, 15) is 19.6 Å². The Bertz CT molecular complexity index is 1440. The van der Waals surface area contributed by atoms with Gasteiger partial charge in [0.15, 0.2) is 5.58 Å². The largest absolute Gasteiger partial charge is 0.444 e. The van der Waals surface area contributed by atoms with Crippen molar-refractivity contribution in [3.8, 4) is 16.5 Å². The number of carbonyl (C=O) groups is 2. The van der Waals surface area contributed by atoms with Crippen LogP contribution in [0.5, 0.6) is 0 Å². The minimum atomic E-state index is -2.68. The Morgan fingerprint density at radius 3 is 2.79 bits per heavy atom. The summed E-state index contributed by atoms with van der Waals surface area (Å²) in [6, 6.07) is 9.87. The molecule has 3 heterocycles. The maximum Gasteiger partial charge on any atom is 0.419 e. The standard InChI is InChI=1S/C24H26N4O5S/c1-24(2,3)33-23(31)28-12-15(13-28)21(29)26-16(11-25)10-17-6-8-20(34-17)14-5-7-19-18(9-14)27(4)22(30)32-19/h5-9,15-16H,10,12-13H2,1-4H3,(H,26,29)/t16-/m0/s1/i4D3. The predicted octanol–water partition coefficient (Wildman–Crippen LogP) is 3.28. The summed E-state index contributed by atoms with van der Waals surface area (Å²) < 4.78 is 33.8. The van der Waals surface area contributed by atoms with Gasteiger partial charge in [-0.05, 0) is 56.7 Å². The first-order valence-corrected chi connectivity index (χ1v) is 11.5. The third-order valence-corrected chi connectivity index (χ3v) is 6.46. The van der Waals surface area contributed by atoms with Gasteiger partial charge in [0.1, 0.15) is 11.6 Å². The maximum atomic E-state index is 12.6. The number of oxazole rings is 1. The van der Waals surface area contributed by atoms with E-state index in [1.165, 1.54) is 16.2 Å². The molecule has 1 aliphatic rings. The highest BCUT2D eigenvalue weighted by atomic mass is 32.1. The first-order valence-electron chi connectivity index (χ1n) is 12.2. The van der Waals surface area contributed by atoms with Crippen LogP contribution in [0.4, 0.5) is 4.79 Å². The number of hydrogen-bond donors (Lipinski definition) is 1. The Labute approximate surface area is 204 Å². The van der Waals surface area contributed by atoms with Crippen LogP contribution in [0.1, 0.15) is 29.8 Å². The molecular weight excluding hydrogens is 456 g/mol. The number of thiophene rings is 1. The van der Waals surface area contributed by atoms with Gasteiger partial charge in [0.05, 0.1) is 17.5 Å². The van der Waals surface area contributed by atoms with Crippen molar-refractivity contribution >= 4 is 34.4 Å². The number of rotatable bonds is 5. The molecule has 0 spiro atoms. The van der Waals surface area contributed by atoms with E-state index in [4.69, 9.17) is 13.3 Å². The van der Waals surface area contributed by atoms with Gasteiger partial charge in [-0.15, -0.1) is 11.3 Å². The monoisotopic (exact) mass is 485 g/mol. The third kappa shape index (κ3) is 4.99. The molecule has 1 aromatic carbocycles. The Kier molecular flexibility index (Phi) is 5.25. The molecule has 10 heteroatoms. The van der Waals surface area contributed by atoms with Gasteiger partial charge >= 0.3 is 11.8 Å². The SMILES string of the molecule is [2H]C([2H])([2H])n1c(=O)oc2ccc(-c3ccc(C[C@@H](C#N)NC(=O)C4CN(C(=O)OC(C)(C)C)C4)s3)cc21. The predicted molar refractivity (Wildman–Crippen MR) is 127 cm³/mol. The molecule has 0 bridgehead atoms. The molecular formula is C24H26N4O5S. The number of benzene rings is 1. The highest BCUT2D eigenvalue weighted by Gasteiger charge is 2.38. The van der Waals surface area contributed by atoms with Crippen LogP contribution >= 0.6 is 11.3 Å². The average molecular weight is 486 g/mol. The molecule has 178 valence electrons. The molecule has 1 atom stereocenters. The van der Waals surface area contributed by atoms with Crippen LogP contribution in [-0.4, -0.2) is 46.2 Å². The number of ether oxygens (including phenoxy) is 1. The molecule has 1 N–H and O–H groups in total. The molecule has 2 aromatic heterocycles. The van der Waals surface area contributed by atoms with Gasteiger partial charge in [-0.2, -0.15) is 5.26 Å². The third-order valence-electron chi connectivity index (χ3n) is 5.31. The summed E-state index contributed by atoms with van der Waals surface area (Å²) in [5.41, 5.74) is 0.419. The molecule has 34 heavy (non-hydrogen) atoms. The summed E-state index contributed by atoms with van der Waals surface area (Å²) in [5.74, 6) is -1.65. The number of hydrogen-bond acceptors (Lipinski definition) is 7. The lowest BCUT2D eigenvalue weighted by Crippen LogP contribution is -2.57. The van der Waals surface area contributed by atoms with E-state index in [0.29, 0.717) is 10.1 Å². The molecule has 4 rings (SSSR count). The Balaban J connectivity index is 1.39. The fraction of sp³-hybridized carbons (Fsp3) is 0.417. The van der Waals surface area contributed by atoms with Crippen molar-refractivity contribution in [1.82, 2.24) is 14.8 Å². The van der Waals surface area contributed by atoms with Crippen molar-refractivity contribution in [1.29, 1.82) is 5.26 Å². The lowest BCUT2D eigenvalue weighted by atomic mass is 9.99. The molecule has 2 amide bonds. The summed E-state index contributed by atoms with van der Waals surface area (Å²) in [5, 5.41) is 12.3. The van der Waals surface area contributed by atoms with Crippen molar-refractivity contribution in [2.24, 2.45) is 12.9 Å². The highest BCUT2D eigenvalue weighted by molar-refractivity contribution is 7.15. The quantitative estimate of drug-likeness (QED) is 0.593. The van der Waals surface area contributed by atoms with Gasteiger partial charge in [-0.25, -0.2) is 9.59 Å². The molecule has 1 saturated heterocycles. The van der Waals surface area contributed by atoms with Crippen LogP contribution in [0.25, 0.3) is 21.5 Å². The van der Waals surface area contributed by atoms with Gasteiger partial charge in [0, 0.05) is 40.4 Å². The fourth-order valence-corrected chi connectivity index (χ4v) is 4.60. The van der Waals surface area contributed by atoms with Gasteiger partial charge in [-0.3, -0.25) is 9.36 Å². The summed E-state index contributed by atoms with van der Waals surface area (Å²) >= 11 is 1.39. The van der Waals surface area contributed by atoms with Crippen molar-refractivity contribution in [3.63, 3.8) is 0 Å². The van der Waals surface area contributed by atoms with Gasteiger partial charge < -0.3 is 19.4 Å². The van der Waals surface area contributed by atoms with Crippen molar-refractivity contribution in [2.75, 3.05) is 13.1 Å². The second-order valence-electron chi connectivity index (χ2n) is 9.13. The van der Waals surface area contributed by atoms with Crippen LogP contribution in [-0.2, 0) is 22.9 Å². The van der Waals surface area contributed by atoms with Gasteiger partial charge in [-0.1, -0.05) is 0 Å². The number of amides is 2. The summed E-state index contributed by atoms with van der Waals surface area (Å²) in [6.07, 6.45) is -0.187. The molecule has 0 radical (unpaired) electrons. The van der Waals surface area contributed by atoms with Crippen molar-refractivity contribution < 1.29 is 22.9 Å². The average Bonchev–Trinajstić information content (AvgIpc) is 3.33. The molecule has 1 fully saturated rings. The summed E-state index contributed by atoms with van der Waals surface area (Å²) in [6.45, 7) is 3.11. The van der Waals surface area contributed by atoms with Gasteiger partial charge in [0.25, 0.3) is 0 Å². The lowest BCUT2D eigenvalue weighted by molar-refractivity contribution is -0.130. The first-order chi connectivity index (χ1) is 17.2. The minimum Gasteiger partial charge on any atom is -0.444 e. The van der Waals surface area contributed by atoms with Crippen molar-refractivity contribution in [3.05, 3.63) is 45.8 Å². The van der Waals surface area contributed by atoms with E-state index >= 15 is 0 Å². The van der Waals surface area contributed by atoms with Gasteiger partial charge in [0.2, 0.25) is 5.91 Å². The van der Waals surface area contributed by atoms with Crippen LogP contribution in [0.2, 0.25) is 0 Å². The number of aromatic nitrogens is 1. The van der Waals surface area contributed by atoms with E-state index in [2.05, 4.69) is 11.4 Å². The molecule has 1 aliphatic heterocycles. The number of nitrogens with one attached hydrogen (secondary N) is 1. The number of fused-ring (bicyclic) bond motifs is 1. The molecule has 9 nitrogen and oxygen atoms in total. The zero-order valence-corrected chi connectivity index (χ0v) is 19.8. The Morgan fingerprint density at radius 1 is 1.35 bits per heavy atom. The number of nitriles is 1. The zero-order chi connectivity index (χ0) is 27.1. The molecule has 3 aromatic rings. The van der Waals surface area contributed by atoms with Crippen LogP contribution in [0.15, 0.2) is 39.5 Å². The number of aryl methyl sites for hydroxylation is 1. The fourth-order valence-electron chi connectivity index (χ4n) is 3.55. The lowest BCUT2D eigenvalue weighted by Gasteiger charge is -2.39. The van der Waals surface area contributed by atoms with E-state index in [1.54, 1.807) is 39.0 Å². The van der Waals surface area contributed by atoms with E-state index in [0.717, 1.165) is 9.75 Å². The molecule has 0 unspecified atom stereocenters. The Morgan fingerprint density at radius 2 is 2.12 bits per heavy atom. The molecule has 0 aliphatic carbocycles. The van der Waals surface area contributed by atoms with Crippen LogP contribution < -0.4 is 11.1 Å². The van der Waals surface area contributed by atoms with Crippen LogP contribution in [0, 0.1) is 17.2 Å². The second kappa shape index (κ2) is 8.99. The Hall–Kier alpha value is -3.58. The van der Waals surface area contributed by atoms with E-state index in [-0.39, 0.29) is 36.5 Å². The number of carbonyl (C=O) groups excluding carboxylic acids is 2. The van der Waals surface area contributed by atoms with Crippen LogP contribution in [0.3, 0.4) is 0 Å².